The third kappa shape index (κ3) is 3.88. The van der Waals surface area contributed by atoms with Crippen molar-refractivity contribution < 1.29 is 19.0 Å². The fourth-order valence-electron chi connectivity index (χ4n) is 2.48. The van der Waals surface area contributed by atoms with Crippen molar-refractivity contribution in [2.45, 2.75) is 45.3 Å². The van der Waals surface area contributed by atoms with Gasteiger partial charge in [-0.05, 0) is 45.7 Å². The Bertz CT molecular complexity index is 513. The summed E-state index contributed by atoms with van der Waals surface area (Å²) in [6.45, 7) is 6.63. The average Bonchev–Trinajstić information content (AvgIpc) is 2.76. The molecule has 1 aliphatic rings. The minimum absolute atomic E-state index is 0.0515. The van der Waals surface area contributed by atoms with Gasteiger partial charge in [-0.1, -0.05) is 6.07 Å². The van der Waals surface area contributed by atoms with E-state index in [0.717, 1.165) is 12.8 Å². The van der Waals surface area contributed by atoms with Crippen molar-refractivity contribution in [1.29, 1.82) is 0 Å². The van der Waals surface area contributed by atoms with Gasteiger partial charge in [-0.15, -0.1) is 0 Å². The Labute approximate surface area is 125 Å². The minimum atomic E-state index is -0.468. The Kier molecular flexibility index (Phi) is 4.73. The molecule has 1 aromatic carbocycles. The van der Waals surface area contributed by atoms with Gasteiger partial charge in [0.15, 0.2) is 0 Å². The zero-order valence-electron chi connectivity index (χ0n) is 12.8. The molecule has 5 heteroatoms. The Morgan fingerprint density at radius 1 is 1.48 bits per heavy atom. The van der Waals surface area contributed by atoms with Crippen molar-refractivity contribution in [3.05, 3.63) is 23.8 Å². The van der Waals surface area contributed by atoms with Crippen molar-refractivity contribution in [2.24, 2.45) is 0 Å². The molecule has 1 aromatic rings. The lowest BCUT2D eigenvalue weighted by atomic mass is 10.1. The van der Waals surface area contributed by atoms with Crippen LogP contribution in [0.5, 0.6) is 5.75 Å². The molecule has 2 rings (SSSR count). The third-order valence-electron chi connectivity index (χ3n) is 3.52. The Morgan fingerprint density at radius 2 is 2.24 bits per heavy atom. The maximum Gasteiger partial charge on any atom is 0.344 e. The van der Waals surface area contributed by atoms with Crippen molar-refractivity contribution >= 4 is 11.7 Å². The number of benzene rings is 1. The molecule has 0 aliphatic carbocycles. The Balaban J connectivity index is 2.01. The van der Waals surface area contributed by atoms with Crippen LogP contribution in [-0.2, 0) is 9.47 Å². The van der Waals surface area contributed by atoms with Gasteiger partial charge in [0.2, 0.25) is 0 Å². The number of hydrogen-bond donors (Lipinski definition) is 1. The average molecular weight is 293 g/mol. The van der Waals surface area contributed by atoms with E-state index in [4.69, 9.17) is 19.9 Å². The lowest BCUT2D eigenvalue weighted by Crippen LogP contribution is -2.24. The first kappa shape index (κ1) is 15.6. The molecule has 1 aliphatic heterocycles. The van der Waals surface area contributed by atoms with Crippen LogP contribution in [0.4, 0.5) is 5.69 Å². The van der Waals surface area contributed by atoms with Gasteiger partial charge in [-0.25, -0.2) is 4.79 Å². The summed E-state index contributed by atoms with van der Waals surface area (Å²) in [4.78, 5) is 12.2. The van der Waals surface area contributed by atoms with Crippen LogP contribution < -0.4 is 10.5 Å². The molecule has 1 heterocycles. The van der Waals surface area contributed by atoms with Crippen LogP contribution in [-0.4, -0.2) is 30.9 Å². The first-order chi connectivity index (χ1) is 9.93. The summed E-state index contributed by atoms with van der Waals surface area (Å²) in [5, 5.41) is 0. The molecule has 2 N–H and O–H groups in total. The van der Waals surface area contributed by atoms with Crippen LogP contribution in [0.1, 0.15) is 44.0 Å². The second-order valence-electron chi connectivity index (χ2n) is 5.79. The summed E-state index contributed by atoms with van der Waals surface area (Å²) in [6.07, 6.45) is 1.81. The van der Waals surface area contributed by atoms with Crippen LogP contribution >= 0.6 is 0 Å². The number of ether oxygens (including phenoxy) is 3. The fraction of sp³-hybridized carbons (Fsp3) is 0.562. The molecule has 1 atom stereocenters. The SMILES string of the molecule is CCOc1cccc(N)c1C(=O)OCC1CCC(C)(C)O1. The smallest absolute Gasteiger partial charge is 0.344 e. The molecule has 0 saturated carbocycles. The number of carbonyl (C=O) groups excluding carboxylic acids is 1. The molecule has 116 valence electrons. The van der Waals surface area contributed by atoms with Gasteiger partial charge in [0.1, 0.15) is 17.9 Å². The predicted molar refractivity (Wildman–Crippen MR) is 80.5 cm³/mol. The van der Waals surface area contributed by atoms with Gasteiger partial charge in [0.05, 0.1) is 18.3 Å². The number of hydrogen-bond acceptors (Lipinski definition) is 5. The second kappa shape index (κ2) is 6.35. The van der Waals surface area contributed by atoms with E-state index in [1.807, 2.05) is 20.8 Å². The Morgan fingerprint density at radius 3 is 2.86 bits per heavy atom. The second-order valence-corrected chi connectivity index (χ2v) is 5.79. The number of anilines is 1. The summed E-state index contributed by atoms with van der Waals surface area (Å²) in [7, 11) is 0. The first-order valence-corrected chi connectivity index (χ1v) is 7.29. The molecule has 0 bridgehead atoms. The van der Waals surface area contributed by atoms with Gasteiger partial charge in [0.25, 0.3) is 0 Å². The lowest BCUT2D eigenvalue weighted by Gasteiger charge is -2.19. The van der Waals surface area contributed by atoms with Crippen LogP contribution in [0, 0.1) is 0 Å². The molecule has 1 fully saturated rings. The normalized spacial score (nSPS) is 20.2. The summed E-state index contributed by atoms with van der Waals surface area (Å²) < 4.78 is 16.6. The van der Waals surface area contributed by atoms with Crippen LogP contribution in [0.3, 0.4) is 0 Å². The van der Waals surface area contributed by atoms with E-state index in [2.05, 4.69) is 0 Å². The maximum atomic E-state index is 12.2. The maximum absolute atomic E-state index is 12.2. The molecule has 5 nitrogen and oxygen atoms in total. The topological polar surface area (TPSA) is 70.8 Å². The molecular formula is C16H23NO4. The van der Waals surface area contributed by atoms with E-state index in [0.29, 0.717) is 18.0 Å². The lowest BCUT2D eigenvalue weighted by molar-refractivity contribution is -0.0445. The molecule has 0 aromatic heterocycles. The highest BCUT2D eigenvalue weighted by Crippen LogP contribution is 2.30. The Hall–Kier alpha value is -1.75. The van der Waals surface area contributed by atoms with E-state index >= 15 is 0 Å². The predicted octanol–water partition coefficient (Wildman–Crippen LogP) is 2.78. The van der Waals surface area contributed by atoms with E-state index in [-0.39, 0.29) is 23.9 Å². The molecular weight excluding hydrogens is 270 g/mol. The highest BCUT2D eigenvalue weighted by atomic mass is 16.6. The number of esters is 1. The van der Waals surface area contributed by atoms with Gasteiger partial charge in [-0.2, -0.15) is 0 Å². The van der Waals surface area contributed by atoms with Gasteiger partial charge < -0.3 is 19.9 Å². The van der Waals surface area contributed by atoms with Crippen molar-refractivity contribution in [2.75, 3.05) is 18.9 Å². The molecule has 0 amide bonds. The fourth-order valence-corrected chi connectivity index (χ4v) is 2.48. The van der Waals surface area contributed by atoms with Crippen molar-refractivity contribution in [3.63, 3.8) is 0 Å². The number of carbonyl (C=O) groups is 1. The van der Waals surface area contributed by atoms with E-state index < -0.39 is 5.97 Å². The van der Waals surface area contributed by atoms with Gasteiger partial charge in [0, 0.05) is 5.69 Å². The molecule has 1 saturated heterocycles. The highest BCUT2D eigenvalue weighted by Gasteiger charge is 2.32. The zero-order valence-corrected chi connectivity index (χ0v) is 12.8. The standard InChI is InChI=1S/C16H23NO4/c1-4-19-13-7-5-6-12(17)14(13)15(18)20-10-11-8-9-16(2,3)21-11/h5-7,11H,4,8-10,17H2,1-3H3. The van der Waals surface area contributed by atoms with Crippen LogP contribution in [0.25, 0.3) is 0 Å². The highest BCUT2D eigenvalue weighted by molar-refractivity contribution is 5.98. The number of rotatable bonds is 5. The number of nitrogen functional groups attached to an aromatic ring is 1. The molecule has 0 radical (unpaired) electrons. The summed E-state index contributed by atoms with van der Waals surface area (Å²) in [5.41, 5.74) is 6.38. The van der Waals surface area contributed by atoms with E-state index in [1.165, 1.54) is 0 Å². The first-order valence-electron chi connectivity index (χ1n) is 7.29. The minimum Gasteiger partial charge on any atom is -0.493 e. The summed E-state index contributed by atoms with van der Waals surface area (Å²) in [5.74, 6) is -0.0139. The molecule has 21 heavy (non-hydrogen) atoms. The largest absolute Gasteiger partial charge is 0.493 e. The molecule has 1 unspecified atom stereocenters. The van der Waals surface area contributed by atoms with Crippen molar-refractivity contribution in [3.8, 4) is 5.75 Å². The summed E-state index contributed by atoms with van der Waals surface area (Å²) in [6, 6.07) is 5.12. The third-order valence-corrected chi connectivity index (χ3v) is 3.52. The van der Waals surface area contributed by atoms with Gasteiger partial charge in [-0.3, -0.25) is 0 Å². The summed E-state index contributed by atoms with van der Waals surface area (Å²) >= 11 is 0. The monoisotopic (exact) mass is 293 g/mol. The van der Waals surface area contributed by atoms with Crippen LogP contribution in [0.2, 0.25) is 0 Å². The zero-order chi connectivity index (χ0) is 15.5. The van der Waals surface area contributed by atoms with E-state index in [1.54, 1.807) is 18.2 Å². The quantitative estimate of drug-likeness (QED) is 0.667. The van der Waals surface area contributed by atoms with Gasteiger partial charge >= 0.3 is 5.97 Å². The number of nitrogens with two attached hydrogens (primary N) is 1. The van der Waals surface area contributed by atoms with Crippen LogP contribution in [0.15, 0.2) is 18.2 Å². The van der Waals surface area contributed by atoms with E-state index in [9.17, 15) is 4.79 Å². The van der Waals surface area contributed by atoms with Crippen molar-refractivity contribution in [1.82, 2.24) is 0 Å². The molecule has 0 spiro atoms.